The normalized spacial score (nSPS) is 11.5. The maximum atomic E-state index is 5.95. The number of hydrogen-bond acceptors (Lipinski definition) is 5. The first-order valence-corrected chi connectivity index (χ1v) is 6.85. The van der Waals surface area contributed by atoms with Gasteiger partial charge in [0.1, 0.15) is 17.0 Å². The molecule has 0 aliphatic carbocycles. The van der Waals surface area contributed by atoms with E-state index in [1.807, 2.05) is 46.8 Å². The zero-order valence-electron chi connectivity index (χ0n) is 13.4. The summed E-state index contributed by atoms with van der Waals surface area (Å²) in [6.07, 6.45) is 1.72. The van der Waals surface area contributed by atoms with Gasteiger partial charge in [-0.1, -0.05) is 0 Å². The number of aromatic nitrogens is 3. The van der Waals surface area contributed by atoms with E-state index in [0.717, 1.165) is 22.8 Å². The third-order valence-corrected chi connectivity index (χ3v) is 3.50. The van der Waals surface area contributed by atoms with Crippen LogP contribution >= 0.6 is 0 Å². The number of rotatable bonds is 4. The SMILES string of the molecule is COC(C)(C)c1ncccc1Oc1nc(C)c(C)nc1C. The minimum atomic E-state index is -0.544. The van der Waals surface area contributed by atoms with Crippen molar-refractivity contribution < 1.29 is 9.47 Å². The summed E-state index contributed by atoms with van der Waals surface area (Å²) >= 11 is 0. The highest BCUT2D eigenvalue weighted by Crippen LogP contribution is 2.33. The van der Waals surface area contributed by atoms with E-state index in [-0.39, 0.29) is 0 Å². The Bertz CT molecular complexity index is 654. The standard InChI is InChI=1S/C16H21N3O2/c1-10-11(2)19-15(12(3)18-10)21-13-8-7-9-17-14(13)16(4,5)20-6/h7-9H,1-6H3. The molecule has 0 fully saturated rings. The highest BCUT2D eigenvalue weighted by Gasteiger charge is 2.26. The van der Waals surface area contributed by atoms with Gasteiger partial charge in [0.05, 0.1) is 11.4 Å². The predicted molar refractivity (Wildman–Crippen MR) is 80.6 cm³/mol. The molecule has 0 atom stereocenters. The van der Waals surface area contributed by atoms with E-state index in [9.17, 15) is 0 Å². The van der Waals surface area contributed by atoms with Crippen molar-refractivity contribution in [2.75, 3.05) is 7.11 Å². The number of aryl methyl sites for hydroxylation is 3. The van der Waals surface area contributed by atoms with Crippen molar-refractivity contribution in [2.45, 2.75) is 40.2 Å². The van der Waals surface area contributed by atoms with Crippen molar-refractivity contribution in [3.05, 3.63) is 41.1 Å². The van der Waals surface area contributed by atoms with Crippen LogP contribution in [0, 0.1) is 20.8 Å². The Labute approximate surface area is 125 Å². The molecule has 112 valence electrons. The van der Waals surface area contributed by atoms with Crippen LogP contribution in [0.5, 0.6) is 11.6 Å². The quantitative estimate of drug-likeness (QED) is 0.861. The molecule has 0 aliphatic heterocycles. The smallest absolute Gasteiger partial charge is 0.241 e. The van der Waals surface area contributed by atoms with Gasteiger partial charge in [-0.2, -0.15) is 0 Å². The van der Waals surface area contributed by atoms with Crippen LogP contribution in [0.15, 0.2) is 18.3 Å². The largest absolute Gasteiger partial charge is 0.435 e. The number of ether oxygens (including phenoxy) is 2. The highest BCUT2D eigenvalue weighted by molar-refractivity contribution is 5.36. The molecule has 2 aromatic rings. The molecule has 0 bridgehead atoms. The molecule has 0 spiro atoms. The van der Waals surface area contributed by atoms with Crippen molar-refractivity contribution in [1.29, 1.82) is 0 Å². The molecule has 2 rings (SSSR count). The lowest BCUT2D eigenvalue weighted by Gasteiger charge is -2.24. The number of hydrogen-bond donors (Lipinski definition) is 0. The van der Waals surface area contributed by atoms with Crippen LogP contribution in [0.25, 0.3) is 0 Å². The number of nitrogens with zero attached hydrogens (tertiary/aromatic N) is 3. The predicted octanol–water partition coefficient (Wildman–Crippen LogP) is 3.47. The zero-order chi connectivity index (χ0) is 15.6. The first-order valence-electron chi connectivity index (χ1n) is 6.85. The average Bonchev–Trinajstić information content (AvgIpc) is 2.45. The van der Waals surface area contributed by atoms with Crippen molar-refractivity contribution in [2.24, 2.45) is 0 Å². The summed E-state index contributed by atoms with van der Waals surface area (Å²) in [4.78, 5) is 13.3. The third kappa shape index (κ3) is 3.19. The molecule has 2 heterocycles. The fraction of sp³-hybridized carbons (Fsp3) is 0.438. The van der Waals surface area contributed by atoms with E-state index in [1.165, 1.54) is 0 Å². The van der Waals surface area contributed by atoms with E-state index >= 15 is 0 Å². The van der Waals surface area contributed by atoms with Gasteiger partial charge in [0.2, 0.25) is 5.88 Å². The highest BCUT2D eigenvalue weighted by atomic mass is 16.5. The van der Waals surface area contributed by atoms with E-state index in [0.29, 0.717) is 11.6 Å². The third-order valence-electron chi connectivity index (χ3n) is 3.50. The van der Waals surface area contributed by atoms with Gasteiger partial charge in [-0.25, -0.2) is 4.98 Å². The molecule has 0 saturated heterocycles. The molecule has 0 saturated carbocycles. The fourth-order valence-electron chi connectivity index (χ4n) is 1.92. The van der Waals surface area contributed by atoms with Gasteiger partial charge in [-0.15, -0.1) is 0 Å². The molecule has 0 unspecified atom stereocenters. The van der Waals surface area contributed by atoms with Crippen LogP contribution in [-0.4, -0.2) is 22.1 Å². The Morgan fingerprint density at radius 2 is 1.67 bits per heavy atom. The Balaban J connectivity index is 2.44. The lowest BCUT2D eigenvalue weighted by atomic mass is 10.0. The molecule has 0 N–H and O–H groups in total. The molecule has 2 aromatic heterocycles. The lowest BCUT2D eigenvalue weighted by molar-refractivity contribution is 0.0137. The minimum Gasteiger partial charge on any atom is -0.435 e. The summed E-state index contributed by atoms with van der Waals surface area (Å²) in [5, 5.41) is 0. The zero-order valence-corrected chi connectivity index (χ0v) is 13.4. The van der Waals surface area contributed by atoms with Gasteiger partial charge in [-0.3, -0.25) is 9.97 Å². The molecule has 0 amide bonds. The second kappa shape index (κ2) is 5.77. The summed E-state index contributed by atoms with van der Waals surface area (Å²) in [6.45, 7) is 9.62. The van der Waals surface area contributed by atoms with E-state index < -0.39 is 5.60 Å². The van der Waals surface area contributed by atoms with Gasteiger partial charge in [0.15, 0.2) is 5.75 Å². The summed E-state index contributed by atoms with van der Waals surface area (Å²) < 4.78 is 11.4. The minimum absolute atomic E-state index is 0.499. The molecule has 21 heavy (non-hydrogen) atoms. The van der Waals surface area contributed by atoms with Crippen molar-refractivity contribution >= 4 is 0 Å². The van der Waals surface area contributed by atoms with E-state index in [1.54, 1.807) is 13.3 Å². The number of pyridine rings is 1. The van der Waals surface area contributed by atoms with Gasteiger partial charge in [-0.05, 0) is 46.8 Å². The summed E-state index contributed by atoms with van der Waals surface area (Å²) in [7, 11) is 1.65. The van der Waals surface area contributed by atoms with Gasteiger partial charge < -0.3 is 9.47 Å². The molecule has 0 aliphatic rings. The fourth-order valence-corrected chi connectivity index (χ4v) is 1.92. The first kappa shape index (κ1) is 15.4. The van der Waals surface area contributed by atoms with Gasteiger partial charge in [0.25, 0.3) is 0 Å². The monoisotopic (exact) mass is 287 g/mol. The maximum Gasteiger partial charge on any atom is 0.241 e. The van der Waals surface area contributed by atoms with Crippen molar-refractivity contribution in [1.82, 2.24) is 15.0 Å². The summed E-state index contributed by atoms with van der Waals surface area (Å²) in [6, 6.07) is 3.69. The van der Waals surface area contributed by atoms with Gasteiger partial charge >= 0.3 is 0 Å². The molecule has 0 radical (unpaired) electrons. The molecule has 0 aromatic carbocycles. The molecular formula is C16H21N3O2. The Morgan fingerprint density at radius 3 is 2.33 bits per heavy atom. The van der Waals surface area contributed by atoms with E-state index in [4.69, 9.17) is 9.47 Å². The van der Waals surface area contributed by atoms with Crippen LogP contribution in [0.1, 0.15) is 36.6 Å². The van der Waals surface area contributed by atoms with Crippen LogP contribution in [-0.2, 0) is 10.3 Å². The first-order chi connectivity index (χ1) is 9.85. The maximum absolute atomic E-state index is 5.95. The molecular weight excluding hydrogens is 266 g/mol. The Hall–Kier alpha value is -2.01. The van der Waals surface area contributed by atoms with Crippen molar-refractivity contribution in [3.63, 3.8) is 0 Å². The van der Waals surface area contributed by atoms with Crippen LogP contribution in [0.4, 0.5) is 0 Å². The summed E-state index contributed by atoms with van der Waals surface area (Å²) in [5.41, 5.74) is 2.70. The molecule has 5 nitrogen and oxygen atoms in total. The number of methoxy groups -OCH3 is 1. The van der Waals surface area contributed by atoms with Gasteiger partial charge in [0, 0.05) is 13.3 Å². The Kier molecular flexibility index (Phi) is 4.23. The van der Waals surface area contributed by atoms with Crippen LogP contribution < -0.4 is 4.74 Å². The van der Waals surface area contributed by atoms with Crippen LogP contribution in [0.3, 0.4) is 0 Å². The summed E-state index contributed by atoms with van der Waals surface area (Å²) in [5.74, 6) is 1.13. The van der Waals surface area contributed by atoms with E-state index in [2.05, 4.69) is 15.0 Å². The average molecular weight is 287 g/mol. The van der Waals surface area contributed by atoms with Crippen molar-refractivity contribution in [3.8, 4) is 11.6 Å². The second-order valence-electron chi connectivity index (χ2n) is 5.45. The topological polar surface area (TPSA) is 57.1 Å². The lowest BCUT2D eigenvalue weighted by Crippen LogP contribution is -2.22. The van der Waals surface area contributed by atoms with Crippen LogP contribution in [0.2, 0.25) is 0 Å². The second-order valence-corrected chi connectivity index (χ2v) is 5.45. The Morgan fingerprint density at radius 1 is 1.00 bits per heavy atom. The molecule has 5 heteroatoms.